The maximum atomic E-state index is 13.1. The molecule has 3 fully saturated rings. The Labute approximate surface area is 166 Å². The van der Waals surface area contributed by atoms with E-state index in [4.69, 9.17) is 0 Å². The number of carbonyl (C=O) groups is 3. The van der Waals surface area contributed by atoms with Crippen LogP contribution in [0.3, 0.4) is 0 Å². The van der Waals surface area contributed by atoms with Crippen molar-refractivity contribution >= 4 is 39.3 Å². The predicted octanol–water partition coefficient (Wildman–Crippen LogP) is 1.03. The van der Waals surface area contributed by atoms with Crippen LogP contribution in [0.1, 0.15) is 13.3 Å². The monoisotopic (exact) mass is 435 g/mol. The van der Waals surface area contributed by atoms with E-state index in [-0.39, 0.29) is 24.5 Å². The number of rotatable bonds is 3. The van der Waals surface area contributed by atoms with Gasteiger partial charge in [0.1, 0.15) is 24.3 Å². The third kappa shape index (κ3) is 3.03. The molecule has 0 spiro atoms. The molecule has 9 heteroatoms. The average Bonchev–Trinajstić information content (AvgIpc) is 3.04. The number of hydrogen-bond donors (Lipinski definition) is 1. The highest BCUT2D eigenvalue weighted by Crippen LogP contribution is 2.33. The van der Waals surface area contributed by atoms with Gasteiger partial charge < -0.3 is 9.80 Å². The van der Waals surface area contributed by atoms with Crippen LogP contribution in [-0.4, -0.2) is 77.6 Å². The maximum absolute atomic E-state index is 13.1. The molecule has 3 aliphatic rings. The van der Waals surface area contributed by atoms with Gasteiger partial charge in [0.15, 0.2) is 0 Å². The molecule has 0 aliphatic carbocycles. The molecule has 3 aliphatic heterocycles. The minimum atomic E-state index is -0.490. The normalized spacial score (nSPS) is 28.4. The molecule has 4 rings (SSSR count). The summed E-state index contributed by atoms with van der Waals surface area (Å²) in [6, 6.07) is 7.14. The smallest absolute Gasteiger partial charge is 0.328 e. The number of anilines is 1. The van der Waals surface area contributed by atoms with Crippen LogP contribution in [0.25, 0.3) is 0 Å². The fourth-order valence-corrected chi connectivity index (χ4v) is 4.45. The van der Waals surface area contributed by atoms with E-state index < -0.39 is 18.2 Å². The van der Waals surface area contributed by atoms with Crippen molar-refractivity contribution in [3.63, 3.8) is 0 Å². The SMILES string of the molecule is CC(=O)CN1C(=O)C2C(NC3N(c4ccc(Br)cc4)CCCN23)N(C)C1=O. The summed E-state index contributed by atoms with van der Waals surface area (Å²) >= 11 is 3.46. The number of ketones is 1. The number of fused-ring (bicyclic) bond motifs is 3. The standard InChI is InChI=1S/C18H22BrN5O3/c1-11(25)10-24-16(26)14-15(21(2)18(24)27)20-17-22(8-3-9-23(14)17)13-6-4-12(19)5-7-13/h4-7,14-15,17,20H,3,8-10H2,1-2H3. The zero-order chi connectivity index (χ0) is 19.3. The largest absolute Gasteiger partial charge is 0.343 e. The van der Waals surface area contributed by atoms with E-state index in [1.54, 1.807) is 7.05 Å². The molecule has 1 aromatic carbocycles. The Morgan fingerprint density at radius 2 is 1.93 bits per heavy atom. The minimum absolute atomic E-state index is 0.175. The molecule has 0 saturated carbocycles. The summed E-state index contributed by atoms with van der Waals surface area (Å²) in [7, 11) is 1.68. The van der Waals surface area contributed by atoms with Gasteiger partial charge in [-0.25, -0.2) is 4.79 Å². The molecule has 3 heterocycles. The van der Waals surface area contributed by atoms with Crippen LogP contribution in [0.2, 0.25) is 0 Å². The lowest BCUT2D eigenvalue weighted by Crippen LogP contribution is -2.66. The second-order valence-electron chi connectivity index (χ2n) is 7.21. The molecule has 3 saturated heterocycles. The number of likely N-dealkylation sites (N-methyl/N-ethyl adjacent to an activating group) is 1. The van der Waals surface area contributed by atoms with Crippen LogP contribution in [0.4, 0.5) is 10.5 Å². The fourth-order valence-electron chi connectivity index (χ4n) is 4.18. The van der Waals surface area contributed by atoms with Gasteiger partial charge in [-0.2, -0.15) is 0 Å². The summed E-state index contributed by atoms with van der Waals surface area (Å²) < 4.78 is 1.01. The van der Waals surface area contributed by atoms with Crippen molar-refractivity contribution in [1.82, 2.24) is 20.0 Å². The van der Waals surface area contributed by atoms with E-state index in [0.717, 1.165) is 34.6 Å². The van der Waals surface area contributed by atoms with Crippen LogP contribution in [-0.2, 0) is 9.59 Å². The van der Waals surface area contributed by atoms with Crippen LogP contribution in [0, 0.1) is 0 Å². The van der Waals surface area contributed by atoms with E-state index in [2.05, 4.69) is 31.0 Å². The highest BCUT2D eigenvalue weighted by molar-refractivity contribution is 9.10. The number of imide groups is 1. The van der Waals surface area contributed by atoms with Gasteiger partial charge in [0.05, 0.1) is 6.54 Å². The number of hydrogen-bond acceptors (Lipinski definition) is 6. The van der Waals surface area contributed by atoms with E-state index in [9.17, 15) is 14.4 Å². The second kappa shape index (κ2) is 6.88. The van der Waals surface area contributed by atoms with Crippen molar-refractivity contribution in [2.24, 2.45) is 0 Å². The molecular weight excluding hydrogens is 414 g/mol. The molecule has 1 aromatic rings. The van der Waals surface area contributed by atoms with Gasteiger partial charge in [0.2, 0.25) is 0 Å². The quantitative estimate of drug-likeness (QED) is 0.763. The molecule has 27 heavy (non-hydrogen) atoms. The number of nitrogens with zero attached hydrogens (tertiary/aromatic N) is 4. The summed E-state index contributed by atoms with van der Waals surface area (Å²) in [6.07, 6.45) is 0.329. The van der Waals surface area contributed by atoms with E-state index in [1.165, 1.54) is 11.8 Å². The van der Waals surface area contributed by atoms with Gasteiger partial charge in [-0.05, 0) is 37.6 Å². The molecule has 3 amide bonds. The predicted molar refractivity (Wildman–Crippen MR) is 103 cm³/mol. The van der Waals surface area contributed by atoms with Gasteiger partial charge in [0.25, 0.3) is 5.91 Å². The Kier molecular flexibility index (Phi) is 4.69. The van der Waals surface area contributed by atoms with Crippen molar-refractivity contribution in [3.8, 4) is 0 Å². The van der Waals surface area contributed by atoms with E-state index >= 15 is 0 Å². The lowest BCUT2D eigenvalue weighted by atomic mass is 10.1. The Morgan fingerprint density at radius 3 is 2.59 bits per heavy atom. The van der Waals surface area contributed by atoms with Crippen LogP contribution in [0.15, 0.2) is 28.7 Å². The van der Waals surface area contributed by atoms with Crippen molar-refractivity contribution < 1.29 is 14.4 Å². The van der Waals surface area contributed by atoms with Gasteiger partial charge in [-0.15, -0.1) is 0 Å². The first-order valence-electron chi connectivity index (χ1n) is 9.00. The number of benzene rings is 1. The number of Topliss-reactive ketones (excluding diaryl/α,β-unsaturated/α-hetero) is 1. The zero-order valence-corrected chi connectivity index (χ0v) is 16.8. The Bertz CT molecular complexity index is 786. The number of urea groups is 1. The van der Waals surface area contributed by atoms with Crippen LogP contribution >= 0.6 is 15.9 Å². The molecule has 8 nitrogen and oxygen atoms in total. The molecule has 3 unspecified atom stereocenters. The average molecular weight is 436 g/mol. The molecule has 3 atom stereocenters. The fraction of sp³-hybridized carbons (Fsp3) is 0.500. The summed E-state index contributed by atoms with van der Waals surface area (Å²) in [5.41, 5.74) is 1.06. The molecular formula is C18H22BrN5O3. The zero-order valence-electron chi connectivity index (χ0n) is 15.3. The van der Waals surface area contributed by atoms with Crippen LogP contribution < -0.4 is 10.2 Å². The van der Waals surface area contributed by atoms with Crippen molar-refractivity contribution in [1.29, 1.82) is 0 Å². The van der Waals surface area contributed by atoms with Gasteiger partial charge in [0, 0.05) is 30.3 Å². The first-order valence-corrected chi connectivity index (χ1v) is 9.79. The second-order valence-corrected chi connectivity index (χ2v) is 8.13. The molecule has 1 N–H and O–H groups in total. The van der Waals surface area contributed by atoms with Gasteiger partial charge in [-0.1, -0.05) is 15.9 Å². The number of halogens is 1. The molecule has 0 bridgehead atoms. The van der Waals surface area contributed by atoms with E-state index in [1.807, 2.05) is 24.3 Å². The molecule has 0 radical (unpaired) electrons. The van der Waals surface area contributed by atoms with Crippen molar-refractivity contribution in [2.45, 2.75) is 31.8 Å². The summed E-state index contributed by atoms with van der Waals surface area (Å²) in [5, 5.41) is 3.46. The van der Waals surface area contributed by atoms with Crippen molar-refractivity contribution in [3.05, 3.63) is 28.7 Å². The highest BCUT2D eigenvalue weighted by Gasteiger charge is 2.56. The third-order valence-corrected chi connectivity index (χ3v) is 5.94. The topological polar surface area (TPSA) is 76.2 Å². The van der Waals surface area contributed by atoms with Crippen molar-refractivity contribution in [2.75, 3.05) is 31.6 Å². The first-order chi connectivity index (χ1) is 12.9. The van der Waals surface area contributed by atoms with E-state index in [0.29, 0.717) is 0 Å². The Hall–Kier alpha value is -1.97. The third-order valence-electron chi connectivity index (χ3n) is 5.41. The Morgan fingerprint density at radius 1 is 1.22 bits per heavy atom. The lowest BCUT2D eigenvalue weighted by molar-refractivity contribution is -0.141. The number of nitrogens with one attached hydrogen (secondary N) is 1. The highest BCUT2D eigenvalue weighted by atomic mass is 79.9. The molecule has 0 aromatic heterocycles. The van der Waals surface area contributed by atoms with Gasteiger partial charge >= 0.3 is 6.03 Å². The summed E-state index contributed by atoms with van der Waals surface area (Å²) in [4.78, 5) is 44.1. The summed E-state index contributed by atoms with van der Waals surface area (Å²) in [5.74, 6) is -0.507. The molecule has 144 valence electrons. The van der Waals surface area contributed by atoms with Gasteiger partial charge in [-0.3, -0.25) is 24.7 Å². The summed E-state index contributed by atoms with van der Waals surface area (Å²) in [6.45, 7) is 2.82. The Balaban J connectivity index is 1.65. The maximum Gasteiger partial charge on any atom is 0.328 e. The minimum Gasteiger partial charge on any atom is -0.343 e. The number of amides is 3. The van der Waals surface area contributed by atoms with Crippen LogP contribution in [0.5, 0.6) is 0 Å². The number of carbonyl (C=O) groups excluding carboxylic acids is 3. The first kappa shape index (κ1) is 18.4. The lowest BCUT2D eigenvalue weighted by Gasteiger charge is -2.43.